The highest BCUT2D eigenvalue weighted by molar-refractivity contribution is 6.31. The lowest BCUT2D eigenvalue weighted by Crippen LogP contribution is -2.47. The highest BCUT2D eigenvalue weighted by Gasteiger charge is 2.42. The lowest BCUT2D eigenvalue weighted by molar-refractivity contribution is -0.0757. The Bertz CT molecular complexity index is 466. The van der Waals surface area contributed by atoms with Crippen LogP contribution in [-0.2, 0) is 4.74 Å². The summed E-state index contributed by atoms with van der Waals surface area (Å²) in [5.74, 6) is 0.803. The van der Waals surface area contributed by atoms with E-state index in [1.54, 1.807) is 0 Å². The van der Waals surface area contributed by atoms with Crippen LogP contribution in [-0.4, -0.2) is 19.3 Å². The molecule has 1 aliphatic rings. The smallest absolute Gasteiger partial charge is 0.0872 e. The molecule has 1 N–H and O–H groups in total. The average molecular weight is 310 g/mol. The summed E-state index contributed by atoms with van der Waals surface area (Å²) in [5, 5.41) is 4.48. The van der Waals surface area contributed by atoms with Crippen molar-refractivity contribution in [2.24, 2.45) is 5.92 Å². The molecule has 1 aromatic rings. The normalized spacial score (nSPS) is 27.6. The van der Waals surface area contributed by atoms with Gasteiger partial charge >= 0.3 is 0 Å². The number of methoxy groups -OCH3 is 1. The third-order valence-corrected chi connectivity index (χ3v) is 5.40. The highest BCUT2D eigenvalue weighted by atomic mass is 35.5. The van der Waals surface area contributed by atoms with E-state index in [0.29, 0.717) is 0 Å². The molecule has 1 unspecified atom stereocenters. The summed E-state index contributed by atoms with van der Waals surface area (Å²) in [6.45, 7) is 7.46. The molecule has 1 aliphatic carbocycles. The molecule has 2 nitrogen and oxygen atoms in total. The SMILES string of the molecule is CCNC(c1ccc(C)c(Cl)c1)C1(OC)CCC(C)CC1. The van der Waals surface area contributed by atoms with Crippen LogP contribution in [0.1, 0.15) is 56.7 Å². The predicted molar refractivity (Wildman–Crippen MR) is 90.0 cm³/mol. The number of aryl methyl sites for hydroxylation is 1. The van der Waals surface area contributed by atoms with Gasteiger partial charge in [0.15, 0.2) is 0 Å². The van der Waals surface area contributed by atoms with Crippen molar-refractivity contribution in [1.82, 2.24) is 5.32 Å². The molecule has 1 aromatic carbocycles. The highest BCUT2D eigenvalue weighted by Crippen LogP contribution is 2.43. The van der Waals surface area contributed by atoms with Crippen molar-refractivity contribution in [2.75, 3.05) is 13.7 Å². The van der Waals surface area contributed by atoms with E-state index in [2.05, 4.69) is 37.4 Å². The molecule has 21 heavy (non-hydrogen) atoms. The molecule has 0 spiro atoms. The Morgan fingerprint density at radius 2 is 2.05 bits per heavy atom. The first kappa shape index (κ1) is 16.8. The van der Waals surface area contributed by atoms with E-state index >= 15 is 0 Å². The Hall–Kier alpha value is -0.570. The molecule has 0 heterocycles. The molecule has 1 saturated carbocycles. The van der Waals surface area contributed by atoms with Crippen LogP contribution in [0.3, 0.4) is 0 Å². The Morgan fingerprint density at radius 3 is 2.57 bits per heavy atom. The van der Waals surface area contributed by atoms with Gasteiger partial charge in [0.25, 0.3) is 0 Å². The minimum Gasteiger partial charge on any atom is -0.376 e. The number of likely N-dealkylation sites (N-methyl/N-ethyl adjacent to an activating group) is 1. The average Bonchev–Trinajstić information content (AvgIpc) is 2.49. The molecule has 3 heteroatoms. The van der Waals surface area contributed by atoms with Gasteiger partial charge in [0.1, 0.15) is 0 Å². The summed E-state index contributed by atoms with van der Waals surface area (Å²) in [6.07, 6.45) is 4.67. The van der Waals surface area contributed by atoms with E-state index in [1.807, 2.05) is 14.0 Å². The summed E-state index contributed by atoms with van der Waals surface area (Å²) in [5.41, 5.74) is 2.25. The van der Waals surface area contributed by atoms with Crippen LogP contribution in [0, 0.1) is 12.8 Å². The molecule has 2 rings (SSSR count). The second-order valence-corrected chi connectivity index (χ2v) is 6.86. The Kier molecular flexibility index (Phi) is 5.70. The van der Waals surface area contributed by atoms with Crippen LogP contribution in [0.5, 0.6) is 0 Å². The van der Waals surface area contributed by atoms with Gasteiger partial charge in [-0.05, 0) is 62.3 Å². The molecule has 1 atom stereocenters. The standard InChI is InChI=1S/C18H28ClNO/c1-5-20-17(15-7-6-14(3)16(19)12-15)18(21-4)10-8-13(2)9-11-18/h6-7,12-13,17,20H,5,8-11H2,1-4H3. The minimum absolute atomic E-state index is 0.110. The van der Waals surface area contributed by atoms with Crippen LogP contribution in [0.15, 0.2) is 18.2 Å². The zero-order valence-corrected chi connectivity index (χ0v) is 14.5. The summed E-state index contributed by atoms with van der Waals surface area (Å²) in [4.78, 5) is 0. The zero-order valence-electron chi connectivity index (χ0n) is 13.7. The van der Waals surface area contributed by atoms with Crippen molar-refractivity contribution in [3.63, 3.8) is 0 Å². The van der Waals surface area contributed by atoms with Gasteiger partial charge in [-0.15, -0.1) is 0 Å². The quantitative estimate of drug-likeness (QED) is 0.835. The first-order chi connectivity index (χ1) is 10.0. The Morgan fingerprint density at radius 1 is 1.38 bits per heavy atom. The van der Waals surface area contributed by atoms with Crippen LogP contribution >= 0.6 is 11.6 Å². The van der Waals surface area contributed by atoms with E-state index in [1.165, 1.54) is 18.4 Å². The van der Waals surface area contributed by atoms with Crippen molar-refractivity contribution < 1.29 is 4.74 Å². The lowest BCUT2D eigenvalue weighted by Gasteiger charge is -2.44. The second-order valence-electron chi connectivity index (χ2n) is 6.45. The van der Waals surface area contributed by atoms with E-state index in [0.717, 1.165) is 35.9 Å². The third kappa shape index (κ3) is 3.61. The number of benzene rings is 1. The molecule has 0 saturated heterocycles. The van der Waals surface area contributed by atoms with Gasteiger partial charge in [-0.2, -0.15) is 0 Å². The maximum Gasteiger partial charge on any atom is 0.0872 e. The largest absolute Gasteiger partial charge is 0.376 e. The summed E-state index contributed by atoms with van der Waals surface area (Å²) in [7, 11) is 1.86. The topological polar surface area (TPSA) is 21.3 Å². The van der Waals surface area contributed by atoms with Gasteiger partial charge in [-0.3, -0.25) is 0 Å². The maximum absolute atomic E-state index is 6.34. The molecule has 0 aromatic heterocycles. The zero-order chi connectivity index (χ0) is 15.5. The van der Waals surface area contributed by atoms with E-state index in [-0.39, 0.29) is 11.6 Å². The number of nitrogens with one attached hydrogen (secondary N) is 1. The molecule has 0 amide bonds. The Labute approximate surface area is 134 Å². The second kappa shape index (κ2) is 7.13. The number of hydrogen-bond donors (Lipinski definition) is 1. The van der Waals surface area contributed by atoms with E-state index in [9.17, 15) is 0 Å². The van der Waals surface area contributed by atoms with Gasteiger partial charge in [-0.25, -0.2) is 0 Å². The van der Waals surface area contributed by atoms with Crippen molar-refractivity contribution >= 4 is 11.6 Å². The van der Waals surface area contributed by atoms with Crippen LogP contribution in [0.25, 0.3) is 0 Å². The first-order valence-corrected chi connectivity index (χ1v) is 8.44. The predicted octanol–water partition coefficient (Wildman–Crippen LogP) is 4.89. The van der Waals surface area contributed by atoms with Crippen molar-refractivity contribution in [3.8, 4) is 0 Å². The molecular weight excluding hydrogens is 282 g/mol. The maximum atomic E-state index is 6.34. The number of rotatable bonds is 5. The molecule has 118 valence electrons. The van der Waals surface area contributed by atoms with Crippen molar-refractivity contribution in [1.29, 1.82) is 0 Å². The molecule has 1 fully saturated rings. The number of halogens is 1. The first-order valence-electron chi connectivity index (χ1n) is 8.07. The van der Waals surface area contributed by atoms with Gasteiger partial charge in [0, 0.05) is 12.1 Å². The molecule has 0 bridgehead atoms. The van der Waals surface area contributed by atoms with Crippen molar-refractivity contribution in [2.45, 2.75) is 58.1 Å². The van der Waals surface area contributed by atoms with Crippen LogP contribution < -0.4 is 5.32 Å². The Balaban J connectivity index is 2.33. The minimum atomic E-state index is -0.110. The van der Waals surface area contributed by atoms with Crippen molar-refractivity contribution in [3.05, 3.63) is 34.3 Å². The molecule has 0 aliphatic heterocycles. The monoisotopic (exact) mass is 309 g/mol. The lowest BCUT2D eigenvalue weighted by atomic mass is 9.73. The summed E-state index contributed by atoms with van der Waals surface area (Å²) >= 11 is 6.34. The summed E-state index contributed by atoms with van der Waals surface area (Å²) in [6, 6.07) is 6.60. The molecule has 0 radical (unpaired) electrons. The van der Waals surface area contributed by atoms with Gasteiger partial charge < -0.3 is 10.1 Å². The fraction of sp³-hybridized carbons (Fsp3) is 0.667. The van der Waals surface area contributed by atoms with Gasteiger partial charge in [0.05, 0.1) is 11.6 Å². The number of ether oxygens (including phenoxy) is 1. The third-order valence-electron chi connectivity index (χ3n) is 4.99. The van der Waals surface area contributed by atoms with Gasteiger partial charge in [-0.1, -0.05) is 37.6 Å². The van der Waals surface area contributed by atoms with Crippen LogP contribution in [0.4, 0.5) is 0 Å². The number of hydrogen-bond acceptors (Lipinski definition) is 2. The fourth-order valence-corrected chi connectivity index (χ4v) is 3.65. The fourth-order valence-electron chi connectivity index (χ4n) is 3.46. The van der Waals surface area contributed by atoms with Gasteiger partial charge in [0.2, 0.25) is 0 Å². The summed E-state index contributed by atoms with van der Waals surface area (Å²) < 4.78 is 6.06. The van der Waals surface area contributed by atoms with E-state index in [4.69, 9.17) is 16.3 Å². The van der Waals surface area contributed by atoms with Crippen LogP contribution in [0.2, 0.25) is 5.02 Å². The van der Waals surface area contributed by atoms with E-state index < -0.39 is 0 Å². The molecular formula is C18H28ClNO.